The van der Waals surface area contributed by atoms with Gasteiger partial charge in [0.15, 0.2) is 5.82 Å². The van der Waals surface area contributed by atoms with E-state index >= 15 is 0 Å². The number of imide groups is 1. The van der Waals surface area contributed by atoms with Crippen LogP contribution in [0.2, 0.25) is 0 Å². The van der Waals surface area contributed by atoms with E-state index in [9.17, 15) is 19.2 Å². The van der Waals surface area contributed by atoms with E-state index in [4.69, 9.17) is 4.52 Å². The van der Waals surface area contributed by atoms with Crippen LogP contribution in [-0.4, -0.2) is 46.8 Å². The summed E-state index contributed by atoms with van der Waals surface area (Å²) in [5.74, 6) is -0.292. The fourth-order valence-corrected chi connectivity index (χ4v) is 2.87. The van der Waals surface area contributed by atoms with E-state index in [0.29, 0.717) is 29.1 Å². The second-order valence-electron chi connectivity index (χ2n) is 6.38. The number of rotatable bonds is 8. The predicted octanol–water partition coefficient (Wildman–Crippen LogP) is 1.50. The van der Waals surface area contributed by atoms with Crippen molar-refractivity contribution in [1.82, 2.24) is 15.4 Å². The van der Waals surface area contributed by atoms with Gasteiger partial charge in [0.05, 0.1) is 11.1 Å². The number of benzene rings is 1. The lowest BCUT2D eigenvalue weighted by Gasteiger charge is -2.13. The van der Waals surface area contributed by atoms with Crippen LogP contribution in [0.25, 0.3) is 0 Å². The number of hydrogen-bond acceptors (Lipinski definition) is 6. The molecule has 0 saturated heterocycles. The van der Waals surface area contributed by atoms with Crippen LogP contribution in [0.1, 0.15) is 45.7 Å². The van der Waals surface area contributed by atoms with E-state index in [0.717, 1.165) is 4.90 Å². The number of amides is 4. The molecule has 0 saturated carbocycles. The van der Waals surface area contributed by atoms with E-state index in [1.807, 2.05) is 0 Å². The molecule has 146 valence electrons. The number of aromatic nitrogens is 1. The Kier molecular flexibility index (Phi) is 5.83. The third-order valence-electron chi connectivity index (χ3n) is 4.23. The Balaban J connectivity index is 1.34. The molecule has 1 aromatic carbocycles. The molecule has 1 aliphatic heterocycles. The lowest BCUT2D eigenvalue weighted by Crippen LogP contribution is -2.32. The summed E-state index contributed by atoms with van der Waals surface area (Å²) in [5.41, 5.74) is 0.788. The minimum Gasteiger partial charge on any atom is -0.360 e. The SMILES string of the molecule is Cc1cc(NC(=O)CCNC(=O)CCCN2C(=O)c3ccccc3C2=O)no1. The summed E-state index contributed by atoms with van der Waals surface area (Å²) in [5, 5.41) is 8.85. The van der Waals surface area contributed by atoms with Gasteiger partial charge in [-0.2, -0.15) is 0 Å². The predicted molar refractivity (Wildman–Crippen MR) is 98.5 cm³/mol. The molecule has 1 aromatic heterocycles. The summed E-state index contributed by atoms with van der Waals surface area (Å²) >= 11 is 0. The molecule has 3 rings (SSSR count). The molecule has 0 aliphatic carbocycles. The van der Waals surface area contributed by atoms with Crippen molar-refractivity contribution in [3.8, 4) is 0 Å². The molecule has 1 aliphatic rings. The zero-order valence-electron chi connectivity index (χ0n) is 15.4. The van der Waals surface area contributed by atoms with Gasteiger partial charge in [0.1, 0.15) is 5.76 Å². The molecule has 0 spiro atoms. The standard InChI is InChI=1S/C19H20N4O5/c1-12-11-15(22-28-12)21-17(25)8-9-20-16(24)7-4-10-23-18(26)13-5-2-3-6-14(13)19(23)27/h2-3,5-6,11H,4,7-10H2,1H3,(H,20,24)(H,21,22,25). The van der Waals surface area contributed by atoms with Crippen molar-refractivity contribution >= 4 is 29.4 Å². The Labute approximate surface area is 161 Å². The maximum Gasteiger partial charge on any atom is 0.261 e. The summed E-state index contributed by atoms with van der Waals surface area (Å²) in [4.78, 5) is 49.2. The summed E-state index contributed by atoms with van der Waals surface area (Å²) in [6, 6.07) is 8.25. The molecular formula is C19H20N4O5. The first-order valence-electron chi connectivity index (χ1n) is 8.91. The van der Waals surface area contributed by atoms with Gasteiger partial charge < -0.3 is 15.2 Å². The van der Waals surface area contributed by atoms with Crippen LogP contribution < -0.4 is 10.6 Å². The van der Waals surface area contributed by atoms with Gasteiger partial charge in [0.2, 0.25) is 11.8 Å². The minimum absolute atomic E-state index is 0.0933. The van der Waals surface area contributed by atoms with E-state index in [1.165, 1.54) is 0 Å². The highest BCUT2D eigenvalue weighted by atomic mass is 16.5. The quantitative estimate of drug-likeness (QED) is 0.665. The third kappa shape index (κ3) is 4.43. The number of carbonyl (C=O) groups is 4. The maximum absolute atomic E-state index is 12.2. The molecular weight excluding hydrogens is 364 g/mol. The van der Waals surface area contributed by atoms with Gasteiger partial charge in [-0.3, -0.25) is 24.1 Å². The molecule has 0 bridgehead atoms. The first-order chi connectivity index (χ1) is 13.5. The number of aryl methyl sites for hydroxylation is 1. The molecule has 0 radical (unpaired) electrons. The number of fused-ring (bicyclic) bond motifs is 1. The molecule has 0 atom stereocenters. The Hall–Kier alpha value is -3.49. The molecule has 2 aromatic rings. The summed E-state index contributed by atoms with van der Waals surface area (Å²) in [6.07, 6.45) is 0.593. The Morgan fingerprint density at radius 1 is 1.07 bits per heavy atom. The highest BCUT2D eigenvalue weighted by molar-refractivity contribution is 6.21. The van der Waals surface area contributed by atoms with Gasteiger partial charge in [-0.05, 0) is 25.5 Å². The molecule has 2 N–H and O–H groups in total. The van der Waals surface area contributed by atoms with Crippen molar-refractivity contribution in [2.45, 2.75) is 26.2 Å². The van der Waals surface area contributed by atoms with Crippen molar-refractivity contribution in [3.05, 3.63) is 47.2 Å². The van der Waals surface area contributed by atoms with Gasteiger partial charge in [-0.1, -0.05) is 17.3 Å². The number of carbonyl (C=O) groups excluding carboxylic acids is 4. The largest absolute Gasteiger partial charge is 0.360 e. The second kappa shape index (κ2) is 8.47. The van der Waals surface area contributed by atoms with Crippen molar-refractivity contribution in [2.24, 2.45) is 0 Å². The van der Waals surface area contributed by atoms with Crippen LogP contribution in [0.3, 0.4) is 0 Å². The van der Waals surface area contributed by atoms with Gasteiger partial charge in [0, 0.05) is 32.0 Å². The zero-order chi connectivity index (χ0) is 20.1. The van der Waals surface area contributed by atoms with Crippen LogP contribution in [0.5, 0.6) is 0 Å². The molecule has 9 nitrogen and oxygen atoms in total. The van der Waals surface area contributed by atoms with E-state index in [1.54, 1.807) is 37.3 Å². The maximum atomic E-state index is 12.2. The number of nitrogens with zero attached hydrogens (tertiary/aromatic N) is 2. The van der Waals surface area contributed by atoms with Gasteiger partial charge in [-0.25, -0.2) is 0 Å². The summed E-state index contributed by atoms with van der Waals surface area (Å²) in [7, 11) is 0. The normalized spacial score (nSPS) is 12.8. The van der Waals surface area contributed by atoms with Crippen molar-refractivity contribution in [2.75, 3.05) is 18.4 Å². The second-order valence-corrected chi connectivity index (χ2v) is 6.38. The molecule has 0 fully saturated rings. The van der Waals surface area contributed by atoms with E-state index in [-0.39, 0.29) is 49.6 Å². The average Bonchev–Trinajstić information content (AvgIpc) is 3.18. The molecule has 28 heavy (non-hydrogen) atoms. The fraction of sp³-hybridized carbons (Fsp3) is 0.316. The molecule has 2 heterocycles. The zero-order valence-corrected chi connectivity index (χ0v) is 15.4. The lowest BCUT2D eigenvalue weighted by molar-refractivity contribution is -0.121. The van der Waals surface area contributed by atoms with Crippen LogP contribution in [0.15, 0.2) is 34.9 Å². The highest BCUT2D eigenvalue weighted by Gasteiger charge is 2.34. The molecule has 0 unspecified atom stereocenters. The Morgan fingerprint density at radius 3 is 2.36 bits per heavy atom. The lowest BCUT2D eigenvalue weighted by atomic mass is 10.1. The first-order valence-corrected chi connectivity index (χ1v) is 8.91. The summed E-state index contributed by atoms with van der Waals surface area (Å²) < 4.78 is 4.84. The van der Waals surface area contributed by atoms with Gasteiger partial charge in [0.25, 0.3) is 11.8 Å². The van der Waals surface area contributed by atoms with Crippen molar-refractivity contribution < 1.29 is 23.7 Å². The van der Waals surface area contributed by atoms with E-state index in [2.05, 4.69) is 15.8 Å². The number of nitrogens with one attached hydrogen (secondary N) is 2. The topological polar surface area (TPSA) is 122 Å². The smallest absolute Gasteiger partial charge is 0.261 e. The van der Waals surface area contributed by atoms with Crippen molar-refractivity contribution in [3.63, 3.8) is 0 Å². The van der Waals surface area contributed by atoms with Crippen LogP contribution >= 0.6 is 0 Å². The highest BCUT2D eigenvalue weighted by Crippen LogP contribution is 2.22. The monoisotopic (exact) mass is 384 g/mol. The summed E-state index contributed by atoms with van der Waals surface area (Å²) in [6.45, 7) is 2.06. The minimum atomic E-state index is -0.333. The average molecular weight is 384 g/mol. The molecule has 9 heteroatoms. The van der Waals surface area contributed by atoms with Gasteiger partial charge >= 0.3 is 0 Å². The Bertz CT molecular complexity index is 886. The van der Waals surface area contributed by atoms with E-state index < -0.39 is 0 Å². The fourth-order valence-electron chi connectivity index (χ4n) is 2.87. The van der Waals surface area contributed by atoms with Crippen molar-refractivity contribution in [1.29, 1.82) is 0 Å². The van der Waals surface area contributed by atoms with Crippen LogP contribution in [0, 0.1) is 6.92 Å². The van der Waals surface area contributed by atoms with Crippen LogP contribution in [-0.2, 0) is 9.59 Å². The molecule has 4 amide bonds. The first kappa shape index (κ1) is 19.3. The number of anilines is 1. The third-order valence-corrected chi connectivity index (χ3v) is 4.23. The Morgan fingerprint density at radius 2 is 1.75 bits per heavy atom. The van der Waals surface area contributed by atoms with Crippen LogP contribution in [0.4, 0.5) is 5.82 Å². The van der Waals surface area contributed by atoms with Gasteiger partial charge in [-0.15, -0.1) is 0 Å². The number of hydrogen-bond donors (Lipinski definition) is 2.